The minimum absolute atomic E-state index is 0.0599. The fraction of sp³-hybridized carbons (Fsp3) is 0.429. The molecule has 0 unspecified atom stereocenters. The molecule has 0 spiro atoms. The number of hydrogen-bond acceptors (Lipinski definition) is 2. The van der Waals surface area contributed by atoms with E-state index in [1.54, 1.807) is 11.9 Å². The summed E-state index contributed by atoms with van der Waals surface area (Å²) in [5, 5.41) is 2.71. The van der Waals surface area contributed by atoms with Gasteiger partial charge in [0, 0.05) is 19.6 Å². The van der Waals surface area contributed by atoms with Gasteiger partial charge in [0.1, 0.15) is 6.42 Å². The first kappa shape index (κ1) is 14.2. The molecule has 0 atom stereocenters. The molecule has 1 rings (SSSR count). The second kappa shape index (κ2) is 6.79. The van der Waals surface area contributed by atoms with Gasteiger partial charge in [-0.1, -0.05) is 30.3 Å². The maximum Gasteiger partial charge on any atom is 0.232 e. The largest absolute Gasteiger partial charge is 0.353 e. The number of nitrogens with one attached hydrogen (secondary N) is 1. The van der Waals surface area contributed by atoms with Crippen molar-refractivity contribution in [3.63, 3.8) is 0 Å². The lowest BCUT2D eigenvalue weighted by Gasteiger charge is -2.17. The van der Waals surface area contributed by atoms with Crippen molar-refractivity contribution in [2.24, 2.45) is 0 Å². The van der Waals surface area contributed by atoms with Gasteiger partial charge in [0.2, 0.25) is 11.8 Å². The molecule has 0 heterocycles. The molecule has 0 aliphatic heterocycles. The Morgan fingerprint density at radius 3 is 2.39 bits per heavy atom. The first-order chi connectivity index (χ1) is 8.49. The van der Waals surface area contributed by atoms with E-state index < -0.39 is 0 Å². The van der Waals surface area contributed by atoms with E-state index >= 15 is 0 Å². The number of hydrogen-bond donors (Lipinski definition) is 1. The van der Waals surface area contributed by atoms with Gasteiger partial charge in [-0.25, -0.2) is 0 Å². The van der Waals surface area contributed by atoms with Gasteiger partial charge < -0.3 is 10.2 Å². The fourth-order valence-electron chi connectivity index (χ4n) is 1.59. The Labute approximate surface area is 108 Å². The van der Waals surface area contributed by atoms with Crippen molar-refractivity contribution in [2.45, 2.75) is 32.9 Å². The molecule has 1 N–H and O–H groups in total. The standard InChI is InChI=1S/C14H20N2O2/c1-11(2)15-13(17)9-14(18)16(3)10-12-7-5-4-6-8-12/h4-8,11H,9-10H2,1-3H3,(H,15,17). The molecule has 0 aliphatic carbocycles. The van der Waals surface area contributed by atoms with E-state index in [2.05, 4.69) is 5.32 Å². The molecule has 18 heavy (non-hydrogen) atoms. The maximum atomic E-state index is 11.8. The zero-order chi connectivity index (χ0) is 13.5. The van der Waals surface area contributed by atoms with Crippen molar-refractivity contribution < 1.29 is 9.59 Å². The second-order valence-electron chi connectivity index (χ2n) is 4.63. The molecule has 0 fully saturated rings. The van der Waals surface area contributed by atoms with Gasteiger partial charge in [-0.05, 0) is 19.4 Å². The van der Waals surface area contributed by atoms with Crippen LogP contribution in [0.1, 0.15) is 25.8 Å². The van der Waals surface area contributed by atoms with Crippen molar-refractivity contribution in [3.8, 4) is 0 Å². The third-order valence-corrected chi connectivity index (χ3v) is 2.45. The Balaban J connectivity index is 2.44. The topological polar surface area (TPSA) is 49.4 Å². The van der Waals surface area contributed by atoms with Gasteiger partial charge in [0.25, 0.3) is 0 Å². The minimum atomic E-state index is -0.227. The van der Waals surface area contributed by atoms with Gasteiger partial charge in [0.15, 0.2) is 0 Å². The van der Waals surface area contributed by atoms with E-state index in [1.807, 2.05) is 44.2 Å². The average Bonchev–Trinajstić information content (AvgIpc) is 2.28. The van der Waals surface area contributed by atoms with Gasteiger partial charge in [-0.3, -0.25) is 9.59 Å². The van der Waals surface area contributed by atoms with Crippen LogP contribution in [0.2, 0.25) is 0 Å². The molecule has 1 aromatic rings. The van der Waals surface area contributed by atoms with Crippen LogP contribution in [0.25, 0.3) is 0 Å². The van der Waals surface area contributed by atoms with Crippen molar-refractivity contribution in [1.29, 1.82) is 0 Å². The lowest BCUT2D eigenvalue weighted by molar-refractivity contribution is -0.135. The number of carbonyl (C=O) groups is 2. The molecule has 0 aliphatic rings. The average molecular weight is 248 g/mol. The summed E-state index contributed by atoms with van der Waals surface area (Å²) in [7, 11) is 1.71. The van der Waals surface area contributed by atoms with Gasteiger partial charge >= 0.3 is 0 Å². The lowest BCUT2D eigenvalue weighted by atomic mass is 10.2. The maximum absolute atomic E-state index is 11.8. The highest BCUT2D eigenvalue weighted by atomic mass is 16.2. The Morgan fingerprint density at radius 2 is 1.83 bits per heavy atom. The van der Waals surface area contributed by atoms with Gasteiger partial charge in [-0.2, -0.15) is 0 Å². The summed E-state index contributed by atoms with van der Waals surface area (Å²) in [5.41, 5.74) is 1.05. The number of amides is 2. The smallest absolute Gasteiger partial charge is 0.232 e. The lowest BCUT2D eigenvalue weighted by Crippen LogP contribution is -2.36. The highest BCUT2D eigenvalue weighted by molar-refractivity contribution is 5.96. The number of carbonyl (C=O) groups excluding carboxylic acids is 2. The summed E-state index contributed by atoms with van der Waals surface area (Å²) in [6.45, 7) is 4.26. The molecule has 98 valence electrons. The fourth-order valence-corrected chi connectivity index (χ4v) is 1.59. The van der Waals surface area contributed by atoms with Crippen molar-refractivity contribution >= 4 is 11.8 Å². The molecular weight excluding hydrogens is 228 g/mol. The van der Waals surface area contributed by atoms with Crippen molar-refractivity contribution in [3.05, 3.63) is 35.9 Å². The quantitative estimate of drug-likeness (QED) is 0.804. The van der Waals surface area contributed by atoms with Crippen LogP contribution in [0.15, 0.2) is 30.3 Å². The summed E-state index contributed by atoms with van der Waals surface area (Å²) in [6.07, 6.45) is -0.0957. The summed E-state index contributed by atoms with van der Waals surface area (Å²) in [5.74, 6) is -0.396. The van der Waals surface area contributed by atoms with Crippen LogP contribution in [0.4, 0.5) is 0 Å². The number of benzene rings is 1. The Morgan fingerprint density at radius 1 is 1.22 bits per heavy atom. The molecular formula is C14H20N2O2. The van der Waals surface area contributed by atoms with E-state index in [4.69, 9.17) is 0 Å². The summed E-state index contributed by atoms with van der Waals surface area (Å²) in [6, 6.07) is 9.76. The van der Waals surface area contributed by atoms with Crippen LogP contribution in [0, 0.1) is 0 Å². The van der Waals surface area contributed by atoms with Crippen LogP contribution >= 0.6 is 0 Å². The highest BCUT2D eigenvalue weighted by Crippen LogP contribution is 2.03. The molecule has 2 amide bonds. The molecule has 1 aromatic carbocycles. The molecule has 0 bridgehead atoms. The Hall–Kier alpha value is -1.84. The van der Waals surface area contributed by atoms with Gasteiger partial charge in [0.05, 0.1) is 0 Å². The van der Waals surface area contributed by atoms with Crippen LogP contribution in [0.5, 0.6) is 0 Å². The summed E-state index contributed by atoms with van der Waals surface area (Å²) < 4.78 is 0. The zero-order valence-corrected chi connectivity index (χ0v) is 11.1. The van der Waals surface area contributed by atoms with Crippen LogP contribution in [0.3, 0.4) is 0 Å². The molecule has 0 aromatic heterocycles. The highest BCUT2D eigenvalue weighted by Gasteiger charge is 2.14. The van der Waals surface area contributed by atoms with E-state index in [9.17, 15) is 9.59 Å². The van der Waals surface area contributed by atoms with Crippen LogP contribution < -0.4 is 5.32 Å². The van der Waals surface area contributed by atoms with Crippen molar-refractivity contribution in [1.82, 2.24) is 10.2 Å². The normalized spacial score (nSPS) is 10.2. The van der Waals surface area contributed by atoms with Crippen molar-refractivity contribution in [2.75, 3.05) is 7.05 Å². The van der Waals surface area contributed by atoms with Gasteiger partial charge in [-0.15, -0.1) is 0 Å². The monoisotopic (exact) mass is 248 g/mol. The first-order valence-corrected chi connectivity index (χ1v) is 6.06. The predicted octanol–water partition coefficient (Wildman–Crippen LogP) is 1.56. The van der Waals surface area contributed by atoms with E-state index in [0.717, 1.165) is 5.56 Å². The van der Waals surface area contributed by atoms with E-state index in [1.165, 1.54) is 0 Å². The summed E-state index contributed by atoms with van der Waals surface area (Å²) >= 11 is 0. The Kier molecular flexibility index (Phi) is 5.36. The molecule has 0 radical (unpaired) electrons. The Bertz CT molecular complexity index is 402. The molecule has 0 saturated carbocycles. The third-order valence-electron chi connectivity index (χ3n) is 2.45. The SMILES string of the molecule is CC(C)NC(=O)CC(=O)N(C)Cc1ccccc1. The number of nitrogens with zero attached hydrogens (tertiary/aromatic N) is 1. The zero-order valence-electron chi connectivity index (χ0n) is 11.1. The van der Waals surface area contributed by atoms with E-state index in [0.29, 0.717) is 6.54 Å². The summed E-state index contributed by atoms with van der Waals surface area (Å²) in [4.78, 5) is 24.8. The van der Waals surface area contributed by atoms with Crippen LogP contribution in [-0.4, -0.2) is 29.8 Å². The molecule has 0 saturated heterocycles. The third kappa shape index (κ3) is 4.99. The minimum Gasteiger partial charge on any atom is -0.353 e. The second-order valence-corrected chi connectivity index (χ2v) is 4.63. The molecule has 4 heteroatoms. The molecule has 4 nitrogen and oxygen atoms in total. The van der Waals surface area contributed by atoms with E-state index in [-0.39, 0.29) is 24.3 Å². The van der Waals surface area contributed by atoms with Crippen LogP contribution in [-0.2, 0) is 16.1 Å². The first-order valence-electron chi connectivity index (χ1n) is 6.06. The predicted molar refractivity (Wildman–Crippen MR) is 70.8 cm³/mol. The number of rotatable bonds is 5.